The lowest BCUT2D eigenvalue weighted by Crippen LogP contribution is -2.64. The lowest BCUT2D eigenvalue weighted by molar-refractivity contribution is -0.272. The first-order chi connectivity index (χ1) is 53.9. The quantitative estimate of drug-likeness (QED) is 0.0183. The summed E-state index contributed by atoms with van der Waals surface area (Å²) < 4.78 is 75.3. The van der Waals surface area contributed by atoms with E-state index in [2.05, 4.69) is 78.9 Å². The van der Waals surface area contributed by atoms with Crippen molar-refractivity contribution in [1.82, 2.24) is 85.7 Å². The van der Waals surface area contributed by atoms with Crippen LogP contribution in [0.1, 0.15) is 76.7 Å². The van der Waals surface area contributed by atoms with E-state index in [9.17, 15) is 80.5 Å². The highest BCUT2D eigenvalue weighted by Crippen LogP contribution is 2.27. The third kappa shape index (κ3) is 28.0. The largest absolute Gasteiger partial charge is 0.394 e. The van der Waals surface area contributed by atoms with Crippen LogP contribution in [0.25, 0.3) is 0 Å². The van der Waals surface area contributed by atoms with Crippen molar-refractivity contribution in [3.63, 3.8) is 0 Å². The molecule has 15 N–H and O–H groups in total. The highest BCUT2D eigenvalue weighted by atomic mass is 16.7. The van der Waals surface area contributed by atoms with Gasteiger partial charge in [0.15, 0.2) is 18.9 Å². The minimum absolute atomic E-state index is 0.0208. The summed E-state index contributed by atoms with van der Waals surface area (Å²) in [5.74, 6) is -2.10. The van der Waals surface area contributed by atoms with Crippen molar-refractivity contribution >= 4 is 29.3 Å². The number of hydrogen-bond acceptors (Lipinski definition) is 38. The second kappa shape index (κ2) is 46.7. The maximum atomic E-state index is 11.9. The van der Waals surface area contributed by atoms with Crippen molar-refractivity contribution in [3.05, 3.63) is 47.6 Å². The van der Waals surface area contributed by atoms with Gasteiger partial charge < -0.3 is 134 Å². The standard InChI is InChI=1S/C66H110N18O28/c1-38(80(28-45-32-83(77-73-45)12-16-103-20-24-107-65-53(69-41(4)91)61(99)57(95)49(36-87)111-65)29-46-33-84(78-74-46)13-17-104-21-25-108-66-54(70-42(5)92)62(100)58(96)50(37-88)112-66)8-6-7-9-79(26-43-30-81(75-71-43)10-14-101-18-22-105-63-51(67-39(2)89)59(97)55(93)47(34-85)109-63)27-44-31-82(76-72-44)11-15-102-19-23-106-64-52(68-40(3)90)60(98)56(94)48(35-86)110-64/h30-33,38,47-51,53-66,85-88,93-100H,6-29,34-37H2,1-5H3,(H,67,89)(H,69,91)(H,70,92)/t38?,47-,48-,49-,50-,51-,53-,54-,55+,56+,57+,58+,59-,60-,61-,62-,63-,64-,65-,66-/m1/s1. The number of carbonyl (C=O) groups excluding carboxylic acids is 4. The molecule has 0 aliphatic carbocycles. The summed E-state index contributed by atoms with van der Waals surface area (Å²) in [6, 6.07) is -3.38. The lowest BCUT2D eigenvalue weighted by atomic mass is 9.97. The van der Waals surface area contributed by atoms with Gasteiger partial charge in [-0.1, -0.05) is 27.3 Å². The van der Waals surface area contributed by atoms with Crippen LogP contribution < -0.4 is 16.0 Å². The average Bonchev–Trinajstić information content (AvgIpc) is 1.37. The van der Waals surface area contributed by atoms with E-state index in [1.54, 1.807) is 31.1 Å². The molecule has 112 heavy (non-hydrogen) atoms. The Bertz CT molecular complexity index is 3350. The maximum Gasteiger partial charge on any atom is 0.242 e. The van der Waals surface area contributed by atoms with E-state index in [-0.39, 0.29) is 91.0 Å². The first kappa shape index (κ1) is 90.8. The van der Waals surface area contributed by atoms with Gasteiger partial charge in [-0.2, -0.15) is 0 Å². The molecular formula is C66H110N18O28. The molecule has 0 aromatic carbocycles. The van der Waals surface area contributed by atoms with Crippen LogP contribution in [0.2, 0.25) is 0 Å². The van der Waals surface area contributed by atoms with Gasteiger partial charge in [0.1, 0.15) is 97.1 Å². The van der Waals surface area contributed by atoms with E-state index >= 15 is 0 Å². The molecular weight excluding hydrogens is 1490 g/mol. The molecule has 8 rings (SSSR count). The monoisotopic (exact) mass is 1600 g/mol. The number of amides is 4. The van der Waals surface area contributed by atoms with Gasteiger partial charge in [-0.25, -0.2) is 23.7 Å². The number of unbranched alkanes of at least 4 members (excludes halogenated alkanes) is 1. The van der Waals surface area contributed by atoms with Crippen molar-refractivity contribution in [2.45, 2.75) is 229 Å². The summed E-state index contributed by atoms with van der Waals surface area (Å²) in [6.07, 6.45) is -12.0. The number of ether oxygens (including phenoxy) is 12. The van der Waals surface area contributed by atoms with E-state index in [1.165, 1.54) is 27.7 Å². The average molecular weight is 1600 g/mol. The highest BCUT2D eigenvalue weighted by Gasteiger charge is 2.49. The SMILES string of the molecule is CC(=O)N=C1[C@H](OCCOCCn2cc(CN(CCCCC(C)N(Cc3cn(CCOCCO[C@@H]4O[C@H](CO)[C@H](O)[C@H](O)[C@H]4NC(C)=O)nn3)Cc3cn(CCOCCO[C@@H]4O[C@H](CO)[C@H](O)[C@H](O)[C@H]4NC(C)=O)nn3)Cc3cn(CCOCCO[C@@H]4O[C@H](CO)[C@H](O)[C@H](O)[C@H]4NC(C)=O)nn3)nn2)O[C@H](CO)[C@H](O)[C@@H]1O. The van der Waals surface area contributed by atoms with Crippen LogP contribution in [0.5, 0.6) is 0 Å². The van der Waals surface area contributed by atoms with Crippen LogP contribution in [0.15, 0.2) is 29.8 Å². The summed E-state index contributed by atoms with van der Waals surface area (Å²) in [5, 5.41) is 166. The summed E-state index contributed by atoms with van der Waals surface area (Å²) in [5.41, 5.74) is 2.36. The molecule has 4 fully saturated rings. The lowest BCUT2D eigenvalue weighted by Gasteiger charge is -2.42. The van der Waals surface area contributed by atoms with Crippen LogP contribution in [0.3, 0.4) is 0 Å². The molecule has 20 atom stereocenters. The molecule has 8 heterocycles. The number of aliphatic hydroxyl groups excluding tert-OH is 12. The number of aromatic nitrogens is 12. The van der Waals surface area contributed by atoms with Gasteiger partial charge in [-0.05, 0) is 26.3 Å². The van der Waals surface area contributed by atoms with E-state index in [0.717, 1.165) is 12.8 Å². The zero-order valence-corrected chi connectivity index (χ0v) is 63.3. The molecule has 4 amide bonds. The molecule has 4 aliphatic heterocycles. The molecule has 4 aliphatic rings. The van der Waals surface area contributed by atoms with Gasteiger partial charge in [-0.15, -0.1) is 20.4 Å². The summed E-state index contributed by atoms with van der Waals surface area (Å²) in [7, 11) is 0. The normalized spacial score (nSPS) is 28.3. The van der Waals surface area contributed by atoms with Crippen LogP contribution in [-0.2, 0) is 128 Å². The number of aliphatic imine (C=N–C) groups is 1. The van der Waals surface area contributed by atoms with Gasteiger partial charge in [-0.3, -0.25) is 29.0 Å². The second-order valence-corrected chi connectivity index (χ2v) is 27.3. The predicted molar refractivity (Wildman–Crippen MR) is 376 cm³/mol. The molecule has 1 unspecified atom stereocenters. The van der Waals surface area contributed by atoms with Crippen molar-refractivity contribution in [2.75, 3.05) is 112 Å². The fourth-order valence-corrected chi connectivity index (χ4v) is 12.7. The number of nitrogens with zero attached hydrogens (tertiary/aromatic N) is 15. The van der Waals surface area contributed by atoms with Crippen LogP contribution in [-0.4, -0.2) is 395 Å². The molecule has 0 bridgehead atoms. The molecule has 0 spiro atoms. The maximum absolute atomic E-state index is 11.9. The Morgan fingerprint density at radius 3 is 1.11 bits per heavy atom. The fraction of sp³-hybridized carbons (Fsp3) is 0.803. The van der Waals surface area contributed by atoms with Gasteiger partial charge in [0.2, 0.25) is 29.9 Å². The Kier molecular flexibility index (Phi) is 37.9. The van der Waals surface area contributed by atoms with E-state index in [0.29, 0.717) is 88.1 Å². The number of hydrogen-bond donors (Lipinski definition) is 15. The first-order valence-electron chi connectivity index (χ1n) is 37.1. The van der Waals surface area contributed by atoms with Gasteiger partial charge in [0, 0.05) is 84.7 Å². The van der Waals surface area contributed by atoms with Gasteiger partial charge in [0.05, 0.1) is 155 Å². The third-order valence-electron chi connectivity index (χ3n) is 18.5. The smallest absolute Gasteiger partial charge is 0.242 e. The van der Waals surface area contributed by atoms with E-state index < -0.39 is 167 Å². The number of carbonyl (C=O) groups is 4. The zero-order chi connectivity index (χ0) is 80.8. The van der Waals surface area contributed by atoms with Crippen molar-refractivity contribution in [1.29, 1.82) is 0 Å². The minimum Gasteiger partial charge on any atom is -0.394 e. The Morgan fingerprint density at radius 2 is 0.777 bits per heavy atom. The Balaban J connectivity index is 0.873. The molecule has 4 saturated heterocycles. The Morgan fingerprint density at radius 1 is 0.446 bits per heavy atom. The summed E-state index contributed by atoms with van der Waals surface area (Å²) in [4.78, 5) is 55.6. The number of rotatable bonds is 49. The Labute approximate surface area is 644 Å². The number of nitrogens with one attached hydrogen (secondary N) is 3. The van der Waals surface area contributed by atoms with E-state index in [1.807, 2.05) is 12.4 Å². The van der Waals surface area contributed by atoms with E-state index in [4.69, 9.17) is 56.8 Å². The third-order valence-corrected chi connectivity index (χ3v) is 18.5. The second-order valence-electron chi connectivity index (χ2n) is 27.3. The first-order valence-corrected chi connectivity index (χ1v) is 37.1. The fourth-order valence-electron chi connectivity index (χ4n) is 12.7. The van der Waals surface area contributed by atoms with Crippen LogP contribution >= 0.6 is 0 Å². The highest BCUT2D eigenvalue weighted by molar-refractivity contribution is 6.00. The zero-order valence-electron chi connectivity index (χ0n) is 63.3. The molecule has 46 heteroatoms. The summed E-state index contributed by atoms with van der Waals surface area (Å²) in [6.45, 7) is 8.78. The van der Waals surface area contributed by atoms with Crippen LogP contribution in [0, 0.1) is 0 Å². The minimum atomic E-state index is -1.60. The van der Waals surface area contributed by atoms with Crippen molar-refractivity contribution < 1.29 is 137 Å². The predicted octanol–water partition coefficient (Wildman–Crippen LogP) is -9.29. The van der Waals surface area contributed by atoms with Gasteiger partial charge >= 0.3 is 0 Å². The molecule has 632 valence electrons. The molecule has 0 saturated carbocycles. The molecule has 0 radical (unpaired) electrons. The van der Waals surface area contributed by atoms with Crippen molar-refractivity contribution in [2.24, 2.45) is 4.99 Å². The van der Waals surface area contributed by atoms with Gasteiger partial charge in [0.25, 0.3) is 0 Å². The van der Waals surface area contributed by atoms with Crippen molar-refractivity contribution in [3.8, 4) is 0 Å². The molecule has 4 aromatic rings. The van der Waals surface area contributed by atoms with Crippen LogP contribution in [0.4, 0.5) is 0 Å². The summed E-state index contributed by atoms with van der Waals surface area (Å²) >= 11 is 0. The molecule has 46 nitrogen and oxygen atoms in total. The number of aliphatic hydroxyl groups is 12. The Hall–Kier alpha value is -6.73. The topological polar surface area (TPSA) is 600 Å². The molecule has 4 aromatic heterocycles.